The Morgan fingerprint density at radius 3 is 2.52 bits per heavy atom. The topological polar surface area (TPSA) is 41.6 Å². The van der Waals surface area contributed by atoms with Crippen LogP contribution in [0.2, 0.25) is 0 Å². The van der Waals surface area contributed by atoms with Crippen molar-refractivity contribution in [3.8, 4) is 5.75 Å². The predicted molar refractivity (Wildman–Crippen MR) is 99.5 cm³/mol. The number of likely N-dealkylation sites (tertiary alicyclic amines) is 1. The lowest BCUT2D eigenvalue weighted by atomic mass is 9.85. The van der Waals surface area contributed by atoms with Crippen LogP contribution in [0.5, 0.6) is 5.75 Å². The van der Waals surface area contributed by atoms with Crippen LogP contribution < -0.4 is 10.1 Å². The number of nitrogens with one attached hydrogen (secondary N) is 1. The first kappa shape index (κ1) is 17.0. The van der Waals surface area contributed by atoms with Gasteiger partial charge in [-0.15, -0.1) is 0 Å². The SMILES string of the molecule is CC(=O)N1CCC2(CC1)NCc1cc(C(C)(C)C)cc(I)c1O2. The molecule has 1 spiro atoms. The van der Waals surface area contributed by atoms with Crippen molar-refractivity contribution in [3.05, 3.63) is 26.8 Å². The number of nitrogens with zero attached hydrogens (tertiary/aromatic N) is 1. The van der Waals surface area contributed by atoms with E-state index < -0.39 is 0 Å². The second-order valence-corrected chi connectivity index (χ2v) is 8.81. The van der Waals surface area contributed by atoms with Gasteiger partial charge in [-0.25, -0.2) is 0 Å². The van der Waals surface area contributed by atoms with Gasteiger partial charge in [0.25, 0.3) is 0 Å². The van der Waals surface area contributed by atoms with Crippen LogP contribution in [0.15, 0.2) is 12.1 Å². The molecular formula is C18H25IN2O2. The largest absolute Gasteiger partial charge is 0.471 e. The van der Waals surface area contributed by atoms with Gasteiger partial charge in [0, 0.05) is 45.0 Å². The second-order valence-electron chi connectivity index (χ2n) is 7.65. The zero-order chi connectivity index (χ0) is 16.8. The molecule has 2 heterocycles. The summed E-state index contributed by atoms with van der Waals surface area (Å²) >= 11 is 2.39. The van der Waals surface area contributed by atoms with Crippen LogP contribution in [0.4, 0.5) is 0 Å². The lowest BCUT2D eigenvalue weighted by Gasteiger charge is -2.45. The Bertz CT molecular complexity index is 629. The number of amides is 1. The summed E-state index contributed by atoms with van der Waals surface area (Å²) in [5.74, 6) is 1.18. The molecule has 5 heteroatoms. The number of carbonyl (C=O) groups excluding carboxylic acids is 1. The van der Waals surface area contributed by atoms with Crippen LogP contribution >= 0.6 is 22.6 Å². The summed E-state index contributed by atoms with van der Waals surface area (Å²) in [6.45, 7) is 10.7. The highest BCUT2D eigenvalue weighted by Crippen LogP contribution is 2.39. The molecule has 3 rings (SSSR count). The first-order valence-corrected chi connectivity index (χ1v) is 9.31. The minimum Gasteiger partial charge on any atom is -0.471 e. The molecule has 23 heavy (non-hydrogen) atoms. The van der Waals surface area contributed by atoms with E-state index in [0.717, 1.165) is 38.2 Å². The van der Waals surface area contributed by atoms with E-state index in [2.05, 4.69) is 60.8 Å². The number of benzene rings is 1. The highest BCUT2D eigenvalue weighted by Gasteiger charge is 2.40. The van der Waals surface area contributed by atoms with Crippen LogP contribution in [-0.4, -0.2) is 29.6 Å². The maximum absolute atomic E-state index is 11.5. The fraction of sp³-hybridized carbons (Fsp3) is 0.611. The Morgan fingerprint density at radius 2 is 1.96 bits per heavy atom. The van der Waals surface area contributed by atoms with E-state index in [9.17, 15) is 4.79 Å². The molecule has 0 bridgehead atoms. The van der Waals surface area contributed by atoms with Gasteiger partial charge >= 0.3 is 0 Å². The molecule has 1 aromatic rings. The van der Waals surface area contributed by atoms with E-state index in [0.29, 0.717) is 0 Å². The number of carbonyl (C=O) groups is 1. The zero-order valence-electron chi connectivity index (χ0n) is 14.3. The van der Waals surface area contributed by atoms with Crippen LogP contribution in [0, 0.1) is 3.57 Å². The molecule has 126 valence electrons. The minimum atomic E-state index is -0.317. The van der Waals surface area contributed by atoms with E-state index >= 15 is 0 Å². The third-order valence-corrected chi connectivity index (χ3v) is 5.70. The summed E-state index contributed by atoms with van der Waals surface area (Å²) in [6, 6.07) is 4.51. The van der Waals surface area contributed by atoms with Crippen molar-refractivity contribution in [1.82, 2.24) is 10.2 Å². The van der Waals surface area contributed by atoms with Crippen molar-refractivity contribution in [2.24, 2.45) is 0 Å². The molecule has 0 aromatic heterocycles. The van der Waals surface area contributed by atoms with E-state index in [1.54, 1.807) is 6.92 Å². The lowest BCUT2D eigenvalue weighted by molar-refractivity contribution is -0.133. The number of hydrogen-bond donors (Lipinski definition) is 1. The molecule has 1 fully saturated rings. The number of fused-ring (bicyclic) bond motifs is 1. The Kier molecular flexibility index (Phi) is 4.38. The van der Waals surface area contributed by atoms with Gasteiger partial charge in [-0.2, -0.15) is 0 Å². The van der Waals surface area contributed by atoms with Gasteiger partial charge in [0.1, 0.15) is 5.75 Å². The van der Waals surface area contributed by atoms with Gasteiger partial charge in [0.05, 0.1) is 3.57 Å². The van der Waals surface area contributed by atoms with Crippen molar-refractivity contribution in [1.29, 1.82) is 0 Å². The molecule has 0 atom stereocenters. The summed E-state index contributed by atoms with van der Waals surface area (Å²) in [6.07, 6.45) is 1.67. The molecule has 4 nitrogen and oxygen atoms in total. The van der Waals surface area contributed by atoms with Crippen LogP contribution in [0.1, 0.15) is 51.7 Å². The third-order valence-electron chi connectivity index (χ3n) is 4.90. The van der Waals surface area contributed by atoms with Crippen molar-refractivity contribution >= 4 is 28.5 Å². The van der Waals surface area contributed by atoms with Gasteiger partial charge in [-0.05, 0) is 39.6 Å². The monoisotopic (exact) mass is 428 g/mol. The lowest BCUT2D eigenvalue weighted by Crippen LogP contribution is -2.59. The second kappa shape index (κ2) is 5.92. The van der Waals surface area contributed by atoms with Crippen LogP contribution in [0.25, 0.3) is 0 Å². The highest BCUT2D eigenvalue weighted by molar-refractivity contribution is 14.1. The molecule has 0 unspecified atom stereocenters. The number of halogens is 1. The summed E-state index contributed by atoms with van der Waals surface area (Å²) in [5, 5.41) is 3.59. The Balaban J connectivity index is 1.83. The molecule has 1 aromatic carbocycles. The number of piperidine rings is 1. The highest BCUT2D eigenvalue weighted by atomic mass is 127. The fourth-order valence-corrected chi connectivity index (χ4v) is 4.07. The minimum absolute atomic E-state index is 0.136. The average molecular weight is 428 g/mol. The van der Waals surface area contributed by atoms with Gasteiger partial charge in [0.2, 0.25) is 5.91 Å². The average Bonchev–Trinajstić information content (AvgIpc) is 2.47. The zero-order valence-corrected chi connectivity index (χ0v) is 16.5. The molecule has 1 amide bonds. The normalized spacial score (nSPS) is 20.1. The van der Waals surface area contributed by atoms with E-state index in [1.165, 1.54) is 14.7 Å². The molecule has 1 saturated heterocycles. The van der Waals surface area contributed by atoms with Crippen molar-refractivity contribution in [3.63, 3.8) is 0 Å². The maximum Gasteiger partial charge on any atom is 0.219 e. The van der Waals surface area contributed by atoms with Crippen molar-refractivity contribution in [2.45, 2.75) is 58.2 Å². The predicted octanol–water partition coefficient (Wildman–Crippen LogP) is 3.41. The smallest absolute Gasteiger partial charge is 0.219 e. The number of rotatable bonds is 0. The first-order valence-electron chi connectivity index (χ1n) is 8.23. The standard InChI is InChI=1S/C18H25IN2O2/c1-12(22)21-7-5-18(6-8-21)20-11-13-9-14(17(2,3)4)10-15(19)16(13)23-18/h9-10,20H,5-8,11H2,1-4H3. The molecular weight excluding hydrogens is 403 g/mol. The van der Waals surface area contributed by atoms with Gasteiger partial charge in [-0.1, -0.05) is 26.8 Å². The Hall–Kier alpha value is -0.820. The molecule has 0 aliphatic carbocycles. The summed E-state index contributed by atoms with van der Waals surface area (Å²) in [5.41, 5.74) is 2.40. The summed E-state index contributed by atoms with van der Waals surface area (Å²) < 4.78 is 7.61. The molecule has 0 saturated carbocycles. The van der Waals surface area contributed by atoms with E-state index in [-0.39, 0.29) is 17.0 Å². The fourth-order valence-electron chi connectivity index (χ4n) is 3.28. The van der Waals surface area contributed by atoms with E-state index in [1.807, 2.05) is 4.90 Å². The third kappa shape index (κ3) is 3.36. The molecule has 2 aliphatic rings. The first-order chi connectivity index (χ1) is 10.7. The molecule has 0 radical (unpaired) electrons. The van der Waals surface area contributed by atoms with Crippen molar-refractivity contribution in [2.75, 3.05) is 13.1 Å². The summed E-state index contributed by atoms with van der Waals surface area (Å²) in [4.78, 5) is 13.4. The van der Waals surface area contributed by atoms with E-state index in [4.69, 9.17) is 4.74 Å². The van der Waals surface area contributed by atoms with Crippen LogP contribution in [-0.2, 0) is 16.8 Å². The number of hydrogen-bond acceptors (Lipinski definition) is 3. The molecule has 2 aliphatic heterocycles. The van der Waals surface area contributed by atoms with Crippen molar-refractivity contribution < 1.29 is 9.53 Å². The Morgan fingerprint density at radius 1 is 1.30 bits per heavy atom. The van der Waals surface area contributed by atoms with Gasteiger partial charge in [0.15, 0.2) is 5.72 Å². The molecule has 1 N–H and O–H groups in total. The summed E-state index contributed by atoms with van der Waals surface area (Å²) in [7, 11) is 0. The Labute approximate surface area is 152 Å². The number of ether oxygens (including phenoxy) is 1. The maximum atomic E-state index is 11.5. The quantitative estimate of drug-likeness (QED) is 0.645. The van der Waals surface area contributed by atoms with Crippen LogP contribution in [0.3, 0.4) is 0 Å². The van der Waals surface area contributed by atoms with Gasteiger partial charge in [-0.3, -0.25) is 10.1 Å². The van der Waals surface area contributed by atoms with Gasteiger partial charge < -0.3 is 9.64 Å².